The van der Waals surface area contributed by atoms with Gasteiger partial charge in [0, 0.05) is 16.3 Å². The van der Waals surface area contributed by atoms with Crippen molar-refractivity contribution in [1.29, 1.82) is 0 Å². The molecule has 4 nitrogen and oxygen atoms in total. The van der Waals surface area contributed by atoms with Crippen LogP contribution in [-0.2, 0) is 4.79 Å². The number of benzene rings is 2. The average Bonchev–Trinajstić information content (AvgIpc) is 2.57. The molecule has 1 amide bonds. The van der Waals surface area contributed by atoms with E-state index in [0.717, 1.165) is 11.1 Å². The van der Waals surface area contributed by atoms with Crippen LogP contribution in [0.25, 0.3) is 6.08 Å². The molecule has 23 heavy (non-hydrogen) atoms. The number of hydrogen-bond acceptors (Lipinski definition) is 3. The molecule has 0 atom stereocenters. The van der Waals surface area contributed by atoms with Gasteiger partial charge in [0.05, 0.1) is 12.7 Å². The second-order valence-electron chi connectivity index (χ2n) is 5.20. The SMILES string of the molecule is COc1cccc2c1OCC(C(=O)Nc1cccc(Cl)c1C)=C2. The van der Waals surface area contributed by atoms with Gasteiger partial charge in [-0.15, -0.1) is 0 Å². The Labute approximate surface area is 139 Å². The molecule has 3 rings (SSSR count). The number of carbonyl (C=O) groups is 1. The third-order valence-electron chi connectivity index (χ3n) is 3.74. The maximum atomic E-state index is 12.5. The normalized spacial score (nSPS) is 12.7. The highest BCUT2D eigenvalue weighted by Crippen LogP contribution is 2.35. The van der Waals surface area contributed by atoms with Gasteiger partial charge in [0.1, 0.15) is 6.61 Å². The zero-order valence-electron chi connectivity index (χ0n) is 12.9. The van der Waals surface area contributed by atoms with Crippen LogP contribution in [0.5, 0.6) is 11.5 Å². The van der Waals surface area contributed by atoms with Crippen LogP contribution in [0.3, 0.4) is 0 Å². The van der Waals surface area contributed by atoms with E-state index in [2.05, 4.69) is 5.32 Å². The van der Waals surface area contributed by atoms with Crippen LogP contribution in [0.4, 0.5) is 5.69 Å². The lowest BCUT2D eigenvalue weighted by atomic mass is 10.1. The first-order valence-electron chi connectivity index (χ1n) is 7.17. The Hall–Kier alpha value is -2.46. The smallest absolute Gasteiger partial charge is 0.255 e. The second-order valence-corrected chi connectivity index (χ2v) is 5.61. The van der Waals surface area contributed by atoms with Crippen molar-refractivity contribution < 1.29 is 14.3 Å². The Kier molecular flexibility index (Phi) is 4.26. The van der Waals surface area contributed by atoms with Gasteiger partial charge in [0.2, 0.25) is 0 Å². The quantitative estimate of drug-likeness (QED) is 0.923. The summed E-state index contributed by atoms with van der Waals surface area (Å²) in [6, 6.07) is 11.0. The second kappa shape index (κ2) is 6.34. The molecular formula is C18H16ClNO3. The van der Waals surface area contributed by atoms with Gasteiger partial charge in [-0.2, -0.15) is 0 Å². The molecule has 1 aliphatic rings. The standard InChI is InChI=1S/C18H16ClNO3/c1-11-14(19)6-4-7-15(11)20-18(21)13-9-12-5-3-8-16(22-2)17(12)23-10-13/h3-9H,10H2,1-2H3,(H,20,21). The largest absolute Gasteiger partial charge is 0.493 e. The predicted octanol–water partition coefficient (Wildman–Crippen LogP) is 4.07. The molecule has 0 aromatic heterocycles. The molecule has 0 spiro atoms. The van der Waals surface area contributed by atoms with Crippen molar-refractivity contribution in [3.05, 3.63) is 58.1 Å². The summed E-state index contributed by atoms with van der Waals surface area (Å²) in [5.74, 6) is 1.11. The summed E-state index contributed by atoms with van der Waals surface area (Å²) >= 11 is 6.08. The molecule has 0 unspecified atom stereocenters. The lowest BCUT2D eigenvalue weighted by molar-refractivity contribution is -0.113. The van der Waals surface area contributed by atoms with Crippen LogP contribution in [0.15, 0.2) is 42.0 Å². The van der Waals surface area contributed by atoms with Gasteiger partial charge >= 0.3 is 0 Å². The molecule has 0 saturated heterocycles. The van der Waals surface area contributed by atoms with Crippen molar-refractivity contribution in [2.75, 3.05) is 19.0 Å². The number of amides is 1. The minimum absolute atomic E-state index is 0.193. The number of methoxy groups -OCH3 is 1. The van der Waals surface area contributed by atoms with E-state index in [1.807, 2.05) is 37.3 Å². The van der Waals surface area contributed by atoms with Crippen molar-refractivity contribution >= 4 is 29.3 Å². The van der Waals surface area contributed by atoms with Crippen molar-refractivity contribution in [1.82, 2.24) is 0 Å². The Bertz CT molecular complexity index is 799. The van der Waals surface area contributed by atoms with Gasteiger partial charge in [-0.05, 0) is 36.8 Å². The maximum absolute atomic E-state index is 12.5. The summed E-state index contributed by atoms with van der Waals surface area (Å²) in [5.41, 5.74) is 2.90. The minimum Gasteiger partial charge on any atom is -0.493 e. The van der Waals surface area contributed by atoms with E-state index in [-0.39, 0.29) is 12.5 Å². The fraction of sp³-hybridized carbons (Fsp3) is 0.167. The van der Waals surface area contributed by atoms with E-state index in [4.69, 9.17) is 21.1 Å². The molecule has 1 heterocycles. The first-order valence-corrected chi connectivity index (χ1v) is 7.55. The van der Waals surface area contributed by atoms with E-state index in [1.54, 1.807) is 19.2 Å². The minimum atomic E-state index is -0.205. The number of para-hydroxylation sites is 1. The van der Waals surface area contributed by atoms with Crippen LogP contribution in [0.2, 0.25) is 5.02 Å². The summed E-state index contributed by atoms with van der Waals surface area (Å²) in [4.78, 5) is 12.5. The van der Waals surface area contributed by atoms with Crippen LogP contribution in [0.1, 0.15) is 11.1 Å². The molecule has 2 aromatic carbocycles. The van der Waals surface area contributed by atoms with E-state index < -0.39 is 0 Å². The Balaban J connectivity index is 1.86. The first kappa shape index (κ1) is 15.4. The predicted molar refractivity (Wildman–Crippen MR) is 91.3 cm³/mol. The summed E-state index contributed by atoms with van der Waals surface area (Å²) in [6.45, 7) is 2.06. The van der Waals surface area contributed by atoms with Gasteiger partial charge in [-0.1, -0.05) is 29.8 Å². The Morgan fingerprint density at radius 2 is 2.04 bits per heavy atom. The Morgan fingerprint density at radius 3 is 2.83 bits per heavy atom. The molecule has 118 valence electrons. The third kappa shape index (κ3) is 3.03. The van der Waals surface area contributed by atoms with Gasteiger partial charge < -0.3 is 14.8 Å². The highest BCUT2D eigenvalue weighted by molar-refractivity contribution is 6.31. The van der Waals surface area contributed by atoms with Crippen LogP contribution < -0.4 is 14.8 Å². The van der Waals surface area contributed by atoms with Gasteiger partial charge in [0.15, 0.2) is 11.5 Å². The highest BCUT2D eigenvalue weighted by Gasteiger charge is 2.20. The summed E-state index contributed by atoms with van der Waals surface area (Å²) in [7, 11) is 1.59. The molecule has 0 radical (unpaired) electrons. The topological polar surface area (TPSA) is 47.6 Å². The van der Waals surface area contributed by atoms with Crippen LogP contribution in [0, 0.1) is 6.92 Å². The number of anilines is 1. The molecule has 0 fully saturated rings. The van der Waals surface area contributed by atoms with Gasteiger partial charge in [-0.25, -0.2) is 0 Å². The average molecular weight is 330 g/mol. The van der Waals surface area contributed by atoms with E-state index in [0.29, 0.717) is 27.8 Å². The zero-order valence-corrected chi connectivity index (χ0v) is 13.6. The number of fused-ring (bicyclic) bond motifs is 1. The third-order valence-corrected chi connectivity index (χ3v) is 4.15. The molecule has 5 heteroatoms. The zero-order chi connectivity index (χ0) is 16.4. The Morgan fingerprint density at radius 1 is 1.26 bits per heavy atom. The number of carbonyl (C=O) groups excluding carboxylic acids is 1. The van der Waals surface area contributed by atoms with Crippen molar-refractivity contribution in [3.63, 3.8) is 0 Å². The van der Waals surface area contributed by atoms with Crippen LogP contribution >= 0.6 is 11.6 Å². The lowest BCUT2D eigenvalue weighted by Gasteiger charge is -2.20. The number of rotatable bonds is 3. The molecule has 0 bridgehead atoms. The summed E-state index contributed by atoms with van der Waals surface area (Å²) < 4.78 is 11.0. The number of ether oxygens (including phenoxy) is 2. The lowest BCUT2D eigenvalue weighted by Crippen LogP contribution is -2.21. The van der Waals surface area contributed by atoms with E-state index in [1.165, 1.54) is 0 Å². The molecular weight excluding hydrogens is 314 g/mol. The molecule has 0 aliphatic carbocycles. The molecule has 2 aromatic rings. The summed E-state index contributed by atoms with van der Waals surface area (Å²) in [5, 5.41) is 3.49. The van der Waals surface area contributed by atoms with Gasteiger partial charge in [-0.3, -0.25) is 4.79 Å². The van der Waals surface area contributed by atoms with E-state index in [9.17, 15) is 4.79 Å². The molecule has 0 saturated carbocycles. The molecule has 1 aliphatic heterocycles. The highest BCUT2D eigenvalue weighted by atomic mass is 35.5. The van der Waals surface area contributed by atoms with Crippen molar-refractivity contribution in [3.8, 4) is 11.5 Å². The van der Waals surface area contributed by atoms with Gasteiger partial charge in [0.25, 0.3) is 5.91 Å². The fourth-order valence-corrected chi connectivity index (χ4v) is 2.59. The number of hydrogen-bond donors (Lipinski definition) is 1. The van der Waals surface area contributed by atoms with E-state index >= 15 is 0 Å². The fourth-order valence-electron chi connectivity index (χ4n) is 2.42. The summed E-state index contributed by atoms with van der Waals surface area (Å²) in [6.07, 6.45) is 1.82. The number of halogens is 1. The first-order chi connectivity index (χ1) is 11.1. The van der Waals surface area contributed by atoms with Crippen molar-refractivity contribution in [2.24, 2.45) is 0 Å². The monoisotopic (exact) mass is 329 g/mol. The van der Waals surface area contributed by atoms with Crippen molar-refractivity contribution in [2.45, 2.75) is 6.92 Å². The molecule has 1 N–H and O–H groups in total. The maximum Gasteiger partial charge on any atom is 0.255 e. The number of nitrogens with one attached hydrogen (secondary N) is 1. The van der Waals surface area contributed by atoms with Crippen LogP contribution in [-0.4, -0.2) is 19.6 Å².